The Morgan fingerprint density at radius 1 is 0.944 bits per heavy atom. The molecule has 1 nitrogen and oxygen atoms in total. The van der Waals surface area contributed by atoms with Gasteiger partial charge in [0.15, 0.2) is 36.4 Å². The lowest BCUT2D eigenvalue weighted by Crippen LogP contribution is -2.32. The molecule has 1 aromatic heterocycles. The van der Waals surface area contributed by atoms with Gasteiger partial charge in [0.05, 0.1) is 0 Å². The molecule has 0 aliphatic carbocycles. The van der Waals surface area contributed by atoms with E-state index in [2.05, 4.69) is 11.6 Å². The molecule has 0 spiro atoms. The van der Waals surface area contributed by atoms with Crippen molar-refractivity contribution in [2.24, 2.45) is 0 Å². The second kappa shape index (κ2) is 7.01. The SMILES string of the molecule is CCl.Fc1cc(C[n+]2ccccc2)cc(F)c1F. The van der Waals surface area contributed by atoms with Crippen molar-refractivity contribution in [1.82, 2.24) is 0 Å². The van der Waals surface area contributed by atoms with Gasteiger partial charge in [-0.3, -0.25) is 0 Å². The second-order valence-corrected chi connectivity index (χ2v) is 3.42. The quantitative estimate of drug-likeness (QED) is 0.449. The summed E-state index contributed by atoms with van der Waals surface area (Å²) in [6.45, 7) is 0.301. The van der Waals surface area contributed by atoms with Gasteiger partial charge in [-0.2, -0.15) is 0 Å². The molecular formula is C13H12ClF3N+. The van der Waals surface area contributed by atoms with Crippen molar-refractivity contribution in [3.63, 3.8) is 0 Å². The minimum atomic E-state index is -1.43. The fourth-order valence-corrected chi connectivity index (χ4v) is 1.45. The Balaban J connectivity index is 0.000000771. The summed E-state index contributed by atoms with van der Waals surface area (Å²) in [5, 5.41) is 0. The lowest BCUT2D eigenvalue weighted by atomic mass is 10.2. The van der Waals surface area contributed by atoms with Crippen molar-refractivity contribution in [3.05, 3.63) is 65.7 Å². The Kier molecular flexibility index (Phi) is 5.65. The highest BCUT2D eigenvalue weighted by Gasteiger charge is 2.12. The first-order valence-corrected chi connectivity index (χ1v) is 5.88. The van der Waals surface area contributed by atoms with Crippen LogP contribution in [0.5, 0.6) is 0 Å². The topological polar surface area (TPSA) is 3.88 Å². The lowest BCUT2D eigenvalue weighted by Gasteiger charge is -2.00. The predicted octanol–water partition coefficient (Wildman–Crippen LogP) is 3.29. The van der Waals surface area contributed by atoms with E-state index in [0.717, 1.165) is 12.1 Å². The summed E-state index contributed by atoms with van der Waals surface area (Å²) in [5.41, 5.74) is 0.382. The maximum Gasteiger partial charge on any atom is 0.194 e. The van der Waals surface area contributed by atoms with E-state index in [-0.39, 0.29) is 0 Å². The van der Waals surface area contributed by atoms with Crippen molar-refractivity contribution < 1.29 is 17.7 Å². The molecule has 18 heavy (non-hydrogen) atoms. The van der Waals surface area contributed by atoms with Gasteiger partial charge in [-0.15, -0.1) is 11.6 Å². The van der Waals surface area contributed by atoms with Crippen LogP contribution >= 0.6 is 11.6 Å². The molecular weight excluding hydrogens is 263 g/mol. The smallest absolute Gasteiger partial charge is 0.194 e. The standard InChI is InChI=1S/C12H9F3N.CH3Cl/c13-10-6-9(7-11(14)12(10)15)8-16-4-2-1-3-5-16;1-2/h1-7H,8H2;1H3/q+1;. The third-order valence-electron chi connectivity index (χ3n) is 2.19. The molecule has 0 radical (unpaired) electrons. The van der Waals surface area contributed by atoms with Crippen molar-refractivity contribution in [3.8, 4) is 0 Å². The zero-order valence-corrected chi connectivity index (χ0v) is 10.5. The zero-order valence-electron chi connectivity index (χ0n) is 9.71. The van der Waals surface area contributed by atoms with Gasteiger partial charge in [0.25, 0.3) is 0 Å². The summed E-state index contributed by atoms with van der Waals surface area (Å²) in [5.74, 6) is -3.75. The molecule has 0 aliphatic heterocycles. The lowest BCUT2D eigenvalue weighted by molar-refractivity contribution is -0.688. The number of alkyl halides is 1. The summed E-state index contributed by atoms with van der Waals surface area (Å²) >= 11 is 4.64. The summed E-state index contributed by atoms with van der Waals surface area (Å²) in [6.07, 6.45) is 5.00. The van der Waals surface area contributed by atoms with Crippen LogP contribution in [0.3, 0.4) is 0 Å². The van der Waals surface area contributed by atoms with E-state index < -0.39 is 17.5 Å². The Bertz CT molecular complexity index is 480. The van der Waals surface area contributed by atoms with E-state index in [4.69, 9.17) is 0 Å². The molecule has 2 aromatic rings. The van der Waals surface area contributed by atoms with Crippen LogP contribution < -0.4 is 4.57 Å². The molecule has 0 amide bonds. The van der Waals surface area contributed by atoms with Crippen LogP contribution in [0.25, 0.3) is 0 Å². The number of benzene rings is 1. The van der Waals surface area contributed by atoms with Crippen LogP contribution in [0.1, 0.15) is 5.56 Å². The number of aromatic nitrogens is 1. The number of hydrogen-bond acceptors (Lipinski definition) is 0. The van der Waals surface area contributed by atoms with Gasteiger partial charge < -0.3 is 0 Å². The third kappa shape index (κ3) is 3.74. The molecule has 1 heterocycles. The summed E-state index contributed by atoms with van der Waals surface area (Å²) < 4.78 is 40.3. The first kappa shape index (κ1) is 14.5. The van der Waals surface area contributed by atoms with Crippen molar-refractivity contribution >= 4 is 11.6 Å². The van der Waals surface area contributed by atoms with E-state index in [1.165, 1.54) is 6.38 Å². The van der Waals surface area contributed by atoms with E-state index in [0.29, 0.717) is 12.1 Å². The van der Waals surface area contributed by atoms with Gasteiger partial charge in [0.2, 0.25) is 0 Å². The maximum atomic E-state index is 12.9. The molecule has 0 N–H and O–H groups in total. The monoisotopic (exact) mass is 274 g/mol. The predicted molar refractivity (Wildman–Crippen MR) is 63.8 cm³/mol. The van der Waals surface area contributed by atoms with Gasteiger partial charge in [0, 0.05) is 24.1 Å². The van der Waals surface area contributed by atoms with Crippen LogP contribution in [-0.2, 0) is 6.54 Å². The minimum absolute atomic E-state index is 0.301. The second-order valence-electron chi connectivity index (χ2n) is 3.42. The Morgan fingerprint density at radius 2 is 1.44 bits per heavy atom. The molecule has 0 atom stereocenters. The number of hydrogen-bond donors (Lipinski definition) is 0. The van der Waals surface area contributed by atoms with Gasteiger partial charge in [-0.1, -0.05) is 6.07 Å². The summed E-state index contributed by atoms with van der Waals surface area (Å²) in [7, 11) is 0. The summed E-state index contributed by atoms with van der Waals surface area (Å²) in [6, 6.07) is 7.44. The molecule has 2 rings (SSSR count). The van der Waals surface area contributed by atoms with Crippen molar-refractivity contribution in [1.29, 1.82) is 0 Å². The van der Waals surface area contributed by atoms with Crippen LogP contribution in [0.2, 0.25) is 0 Å². The van der Waals surface area contributed by atoms with E-state index in [1.807, 2.05) is 6.07 Å². The molecule has 0 aliphatic rings. The molecule has 5 heteroatoms. The fraction of sp³-hybridized carbons (Fsp3) is 0.154. The molecule has 0 saturated carbocycles. The molecule has 0 unspecified atom stereocenters. The molecule has 0 fully saturated rings. The average Bonchev–Trinajstić information content (AvgIpc) is 2.39. The minimum Gasteiger partial charge on any atom is -0.204 e. The van der Waals surface area contributed by atoms with Gasteiger partial charge in [-0.25, -0.2) is 17.7 Å². The molecule has 96 valence electrons. The molecule has 0 bridgehead atoms. The molecule has 0 saturated heterocycles. The normalized spacial score (nSPS) is 9.61. The van der Waals surface area contributed by atoms with Gasteiger partial charge >= 0.3 is 0 Å². The number of rotatable bonds is 2. The number of nitrogens with zero attached hydrogens (tertiary/aromatic N) is 1. The number of halogens is 4. The van der Waals surface area contributed by atoms with E-state index >= 15 is 0 Å². The third-order valence-corrected chi connectivity index (χ3v) is 2.19. The Labute approximate surface area is 108 Å². The zero-order chi connectivity index (χ0) is 13.5. The maximum absolute atomic E-state index is 12.9. The Hall–Kier alpha value is -1.55. The first-order valence-electron chi connectivity index (χ1n) is 5.12. The highest BCUT2D eigenvalue weighted by molar-refractivity contribution is 6.15. The average molecular weight is 275 g/mol. The number of pyridine rings is 1. The van der Waals surface area contributed by atoms with E-state index in [9.17, 15) is 13.2 Å². The van der Waals surface area contributed by atoms with Crippen molar-refractivity contribution in [2.75, 3.05) is 6.38 Å². The highest BCUT2D eigenvalue weighted by Crippen LogP contribution is 2.13. The fourth-order valence-electron chi connectivity index (χ4n) is 1.45. The Morgan fingerprint density at radius 3 is 1.94 bits per heavy atom. The highest BCUT2D eigenvalue weighted by atomic mass is 35.5. The van der Waals surface area contributed by atoms with Crippen LogP contribution in [0, 0.1) is 17.5 Å². The van der Waals surface area contributed by atoms with E-state index in [1.54, 1.807) is 29.1 Å². The van der Waals surface area contributed by atoms with Crippen LogP contribution in [-0.4, -0.2) is 6.38 Å². The van der Waals surface area contributed by atoms with Gasteiger partial charge in [0.1, 0.15) is 0 Å². The van der Waals surface area contributed by atoms with Crippen LogP contribution in [0.4, 0.5) is 13.2 Å². The van der Waals surface area contributed by atoms with Gasteiger partial charge in [-0.05, 0) is 12.1 Å². The van der Waals surface area contributed by atoms with Crippen molar-refractivity contribution in [2.45, 2.75) is 6.54 Å². The van der Waals surface area contributed by atoms with Crippen LogP contribution in [0.15, 0.2) is 42.7 Å². The summed E-state index contributed by atoms with van der Waals surface area (Å²) in [4.78, 5) is 0. The largest absolute Gasteiger partial charge is 0.204 e. The first-order chi connectivity index (χ1) is 8.66. The molecule has 1 aromatic carbocycles.